The van der Waals surface area contributed by atoms with E-state index in [1.807, 2.05) is 0 Å². The highest BCUT2D eigenvalue weighted by atomic mass is 19.3. The normalized spacial score (nSPS) is 10.4. The van der Waals surface area contributed by atoms with Crippen LogP contribution in [0.15, 0.2) is 18.2 Å². The molecular formula is C14H17F2NO5. The number of halogens is 2. The second kappa shape index (κ2) is 8.16. The zero-order chi connectivity index (χ0) is 16.7. The minimum Gasteiger partial charge on any atom is -0.493 e. The van der Waals surface area contributed by atoms with Crippen molar-refractivity contribution in [3.8, 4) is 11.5 Å². The fourth-order valence-corrected chi connectivity index (χ4v) is 1.78. The van der Waals surface area contributed by atoms with E-state index in [0.717, 1.165) is 0 Å². The molecule has 0 unspecified atom stereocenters. The number of alkyl halides is 2. The van der Waals surface area contributed by atoms with E-state index in [1.165, 1.54) is 37.3 Å². The maximum atomic E-state index is 12.2. The average molecular weight is 317 g/mol. The van der Waals surface area contributed by atoms with Gasteiger partial charge in [-0.15, -0.1) is 0 Å². The lowest BCUT2D eigenvalue weighted by atomic mass is 10.1. The fraction of sp³-hybridized carbons (Fsp3) is 0.429. The largest absolute Gasteiger partial charge is 0.493 e. The Balaban J connectivity index is 2.78. The molecule has 0 radical (unpaired) electrons. The summed E-state index contributed by atoms with van der Waals surface area (Å²) in [5, 5.41) is 8.56. The standard InChI is InChI=1S/C14H17F2NO5/c1-17(7-3-4-12(18)19)13(20)9-5-6-10(22-14(15)16)11(8-9)21-2/h5-6,8,14H,3-4,7H2,1-2H3,(H,18,19). The zero-order valence-corrected chi connectivity index (χ0v) is 12.2. The fourth-order valence-electron chi connectivity index (χ4n) is 1.78. The minimum atomic E-state index is -2.99. The number of benzene rings is 1. The summed E-state index contributed by atoms with van der Waals surface area (Å²) in [6, 6.07) is 3.87. The molecule has 22 heavy (non-hydrogen) atoms. The Morgan fingerprint density at radius 1 is 1.32 bits per heavy atom. The van der Waals surface area contributed by atoms with Gasteiger partial charge in [0.05, 0.1) is 7.11 Å². The van der Waals surface area contributed by atoms with E-state index in [2.05, 4.69) is 4.74 Å². The van der Waals surface area contributed by atoms with Gasteiger partial charge in [0.2, 0.25) is 0 Å². The van der Waals surface area contributed by atoms with Gasteiger partial charge in [0.25, 0.3) is 5.91 Å². The van der Waals surface area contributed by atoms with E-state index in [9.17, 15) is 18.4 Å². The van der Waals surface area contributed by atoms with Gasteiger partial charge in [0, 0.05) is 25.6 Å². The molecule has 0 aromatic heterocycles. The van der Waals surface area contributed by atoms with Gasteiger partial charge in [-0.1, -0.05) is 0 Å². The smallest absolute Gasteiger partial charge is 0.387 e. The van der Waals surface area contributed by atoms with Crippen LogP contribution >= 0.6 is 0 Å². The van der Waals surface area contributed by atoms with Crippen LogP contribution in [-0.4, -0.2) is 49.2 Å². The molecule has 0 fully saturated rings. The van der Waals surface area contributed by atoms with Crippen molar-refractivity contribution in [1.29, 1.82) is 0 Å². The molecule has 0 bridgehead atoms. The number of hydrogen-bond acceptors (Lipinski definition) is 4. The topological polar surface area (TPSA) is 76.1 Å². The Hall–Kier alpha value is -2.38. The first kappa shape index (κ1) is 17.7. The van der Waals surface area contributed by atoms with Crippen LogP contribution in [0.3, 0.4) is 0 Å². The predicted molar refractivity (Wildman–Crippen MR) is 73.5 cm³/mol. The monoisotopic (exact) mass is 317 g/mol. The molecule has 122 valence electrons. The molecule has 0 atom stereocenters. The predicted octanol–water partition coefficient (Wildman–Crippen LogP) is 2.23. The lowest BCUT2D eigenvalue weighted by Gasteiger charge is -2.18. The summed E-state index contributed by atoms with van der Waals surface area (Å²) in [6.45, 7) is -2.72. The molecule has 8 heteroatoms. The lowest BCUT2D eigenvalue weighted by molar-refractivity contribution is -0.137. The maximum absolute atomic E-state index is 12.2. The van der Waals surface area contributed by atoms with E-state index in [0.29, 0.717) is 6.42 Å². The van der Waals surface area contributed by atoms with Crippen molar-refractivity contribution in [3.05, 3.63) is 23.8 Å². The number of hydrogen-bond donors (Lipinski definition) is 1. The first-order valence-corrected chi connectivity index (χ1v) is 6.45. The molecule has 1 aromatic carbocycles. The number of amides is 1. The second-order valence-corrected chi connectivity index (χ2v) is 4.47. The van der Waals surface area contributed by atoms with Gasteiger partial charge >= 0.3 is 12.6 Å². The number of ether oxygens (including phenoxy) is 2. The van der Waals surface area contributed by atoms with Crippen LogP contribution < -0.4 is 9.47 Å². The number of carboxylic acid groups (broad SMARTS) is 1. The van der Waals surface area contributed by atoms with Crippen LogP contribution in [0.4, 0.5) is 8.78 Å². The molecule has 0 heterocycles. The Labute approximate surface area is 126 Å². The Morgan fingerprint density at radius 3 is 2.55 bits per heavy atom. The van der Waals surface area contributed by atoms with Crippen LogP contribution in [0, 0.1) is 0 Å². The third-order valence-electron chi connectivity index (χ3n) is 2.86. The molecular weight excluding hydrogens is 300 g/mol. The highest BCUT2D eigenvalue weighted by molar-refractivity contribution is 5.94. The summed E-state index contributed by atoms with van der Waals surface area (Å²) in [6.07, 6.45) is 0.281. The van der Waals surface area contributed by atoms with E-state index in [4.69, 9.17) is 9.84 Å². The van der Waals surface area contributed by atoms with Crippen LogP contribution in [-0.2, 0) is 4.79 Å². The van der Waals surface area contributed by atoms with Crippen molar-refractivity contribution in [1.82, 2.24) is 4.90 Å². The molecule has 1 N–H and O–H groups in total. The molecule has 1 aromatic rings. The number of rotatable bonds is 8. The lowest BCUT2D eigenvalue weighted by Crippen LogP contribution is -2.28. The molecule has 0 spiro atoms. The molecule has 6 nitrogen and oxygen atoms in total. The first-order chi connectivity index (χ1) is 10.3. The molecule has 0 aliphatic carbocycles. The highest BCUT2D eigenvalue weighted by Crippen LogP contribution is 2.29. The summed E-state index contributed by atoms with van der Waals surface area (Å²) in [4.78, 5) is 23.9. The van der Waals surface area contributed by atoms with E-state index in [-0.39, 0.29) is 35.9 Å². The van der Waals surface area contributed by atoms with Gasteiger partial charge in [-0.05, 0) is 24.6 Å². The SMILES string of the molecule is COc1cc(C(=O)N(C)CCCC(=O)O)ccc1OC(F)F. The third-order valence-corrected chi connectivity index (χ3v) is 2.86. The Kier molecular flexibility index (Phi) is 6.55. The number of methoxy groups -OCH3 is 1. The van der Waals surface area contributed by atoms with E-state index >= 15 is 0 Å². The van der Waals surface area contributed by atoms with Crippen LogP contribution in [0.2, 0.25) is 0 Å². The summed E-state index contributed by atoms with van der Waals surface area (Å²) < 4.78 is 33.7. The summed E-state index contributed by atoms with van der Waals surface area (Å²) in [5.74, 6) is -1.45. The third kappa shape index (κ3) is 5.19. The molecule has 0 saturated heterocycles. The molecule has 0 saturated carbocycles. The molecule has 1 rings (SSSR count). The Bertz CT molecular complexity index is 536. The first-order valence-electron chi connectivity index (χ1n) is 6.45. The van der Waals surface area contributed by atoms with E-state index < -0.39 is 12.6 Å². The Morgan fingerprint density at radius 2 is 2.00 bits per heavy atom. The van der Waals surface area contributed by atoms with Crippen molar-refractivity contribution in [3.63, 3.8) is 0 Å². The number of carboxylic acids is 1. The number of carbonyl (C=O) groups excluding carboxylic acids is 1. The number of carbonyl (C=O) groups is 2. The average Bonchev–Trinajstić information content (AvgIpc) is 2.45. The second-order valence-electron chi connectivity index (χ2n) is 4.47. The molecule has 1 amide bonds. The number of aliphatic carboxylic acids is 1. The summed E-state index contributed by atoms with van der Waals surface area (Å²) >= 11 is 0. The zero-order valence-electron chi connectivity index (χ0n) is 12.2. The number of nitrogens with zero attached hydrogens (tertiary/aromatic N) is 1. The quantitative estimate of drug-likeness (QED) is 0.796. The van der Waals surface area contributed by atoms with E-state index in [1.54, 1.807) is 0 Å². The van der Waals surface area contributed by atoms with Gasteiger partial charge in [0.1, 0.15) is 0 Å². The molecule has 0 aliphatic heterocycles. The van der Waals surface area contributed by atoms with Crippen LogP contribution in [0.5, 0.6) is 11.5 Å². The van der Waals surface area contributed by atoms with Crippen molar-refractivity contribution in [2.75, 3.05) is 20.7 Å². The van der Waals surface area contributed by atoms with Gasteiger partial charge < -0.3 is 19.5 Å². The van der Waals surface area contributed by atoms with Crippen LogP contribution in [0.25, 0.3) is 0 Å². The summed E-state index contributed by atoms with van der Waals surface area (Å²) in [7, 11) is 2.80. The summed E-state index contributed by atoms with van der Waals surface area (Å²) in [5.41, 5.74) is 0.233. The van der Waals surface area contributed by atoms with Gasteiger partial charge in [0.15, 0.2) is 11.5 Å². The minimum absolute atomic E-state index is 0.0186. The van der Waals surface area contributed by atoms with Crippen molar-refractivity contribution < 1.29 is 33.0 Å². The van der Waals surface area contributed by atoms with Crippen molar-refractivity contribution in [2.24, 2.45) is 0 Å². The van der Waals surface area contributed by atoms with Crippen molar-refractivity contribution in [2.45, 2.75) is 19.5 Å². The molecule has 0 aliphatic rings. The maximum Gasteiger partial charge on any atom is 0.387 e. The van der Waals surface area contributed by atoms with Gasteiger partial charge in [-0.25, -0.2) is 0 Å². The van der Waals surface area contributed by atoms with Crippen LogP contribution in [0.1, 0.15) is 23.2 Å². The van der Waals surface area contributed by atoms with Gasteiger partial charge in [-0.2, -0.15) is 8.78 Å². The highest BCUT2D eigenvalue weighted by Gasteiger charge is 2.16. The van der Waals surface area contributed by atoms with Gasteiger partial charge in [-0.3, -0.25) is 9.59 Å². The van der Waals surface area contributed by atoms with Crippen molar-refractivity contribution >= 4 is 11.9 Å².